The summed E-state index contributed by atoms with van der Waals surface area (Å²) in [5.74, 6) is -0.887. The van der Waals surface area contributed by atoms with E-state index in [1.807, 2.05) is 25.1 Å². The van der Waals surface area contributed by atoms with Crippen molar-refractivity contribution in [2.45, 2.75) is 45.1 Å². The van der Waals surface area contributed by atoms with Gasteiger partial charge in [0.05, 0.1) is 17.7 Å². The number of hydrogen-bond acceptors (Lipinski definition) is 5. The van der Waals surface area contributed by atoms with Gasteiger partial charge in [0.1, 0.15) is 0 Å². The molecule has 0 unspecified atom stereocenters. The quantitative estimate of drug-likeness (QED) is 0.794. The Hall–Kier alpha value is -2.43. The van der Waals surface area contributed by atoms with Gasteiger partial charge in [-0.2, -0.15) is 0 Å². The Labute approximate surface area is 140 Å². The highest BCUT2D eigenvalue weighted by molar-refractivity contribution is 6.06. The van der Waals surface area contributed by atoms with Gasteiger partial charge in [0.25, 0.3) is 0 Å². The van der Waals surface area contributed by atoms with Gasteiger partial charge in [-0.25, -0.2) is 9.59 Å². The second kappa shape index (κ2) is 5.89. The Morgan fingerprint density at radius 3 is 2.92 bits per heavy atom. The zero-order chi connectivity index (χ0) is 16.7. The van der Waals surface area contributed by atoms with Gasteiger partial charge in [-0.15, -0.1) is 0 Å². The highest BCUT2D eigenvalue weighted by Crippen LogP contribution is 2.31. The number of cyclic esters (lactones) is 1. The van der Waals surface area contributed by atoms with Crippen LogP contribution in [0.25, 0.3) is 10.9 Å². The Bertz CT molecular complexity index is 843. The van der Waals surface area contributed by atoms with E-state index in [9.17, 15) is 9.59 Å². The van der Waals surface area contributed by atoms with E-state index in [-0.39, 0.29) is 0 Å². The summed E-state index contributed by atoms with van der Waals surface area (Å²) in [5, 5.41) is 0.812. The van der Waals surface area contributed by atoms with Gasteiger partial charge in [0, 0.05) is 17.5 Å². The van der Waals surface area contributed by atoms with E-state index in [4.69, 9.17) is 14.5 Å². The first-order valence-corrected chi connectivity index (χ1v) is 8.43. The molecular formula is C19H19NO4. The maximum absolute atomic E-state index is 12.9. The van der Waals surface area contributed by atoms with Gasteiger partial charge in [-0.1, -0.05) is 11.6 Å². The Morgan fingerprint density at radius 2 is 2.12 bits per heavy atom. The second-order valence-electron chi connectivity index (χ2n) is 6.49. The Kier molecular flexibility index (Phi) is 3.71. The average molecular weight is 325 g/mol. The monoisotopic (exact) mass is 325 g/mol. The summed E-state index contributed by atoms with van der Waals surface area (Å²) in [6.45, 7) is 2.30. The van der Waals surface area contributed by atoms with E-state index in [0.717, 1.165) is 53.4 Å². The average Bonchev–Trinajstić information content (AvgIpc) is 2.97. The van der Waals surface area contributed by atoms with Crippen molar-refractivity contribution in [3.63, 3.8) is 0 Å². The van der Waals surface area contributed by atoms with Crippen LogP contribution < -0.4 is 0 Å². The normalized spacial score (nSPS) is 19.9. The zero-order valence-corrected chi connectivity index (χ0v) is 13.6. The maximum Gasteiger partial charge on any atom is 0.347 e. The van der Waals surface area contributed by atoms with E-state index in [0.29, 0.717) is 18.6 Å². The van der Waals surface area contributed by atoms with Crippen molar-refractivity contribution in [3.8, 4) is 0 Å². The molecule has 5 heteroatoms. The molecule has 1 atom stereocenters. The van der Waals surface area contributed by atoms with Crippen LogP contribution in [-0.4, -0.2) is 29.6 Å². The highest BCUT2D eigenvalue weighted by atomic mass is 16.6. The summed E-state index contributed by atoms with van der Waals surface area (Å²) in [7, 11) is 0. The molecule has 2 aliphatic rings. The summed E-state index contributed by atoms with van der Waals surface area (Å²) in [6.07, 6.45) is 3.47. The SMILES string of the molecule is Cc1ccc2nc3c(c(C(=O)O[C@H]4CCOC4=O)c2c1)CCCC3. The summed E-state index contributed by atoms with van der Waals surface area (Å²) in [5.41, 5.74) is 4.42. The van der Waals surface area contributed by atoms with Gasteiger partial charge in [-0.05, 0) is 50.3 Å². The molecule has 24 heavy (non-hydrogen) atoms. The predicted molar refractivity (Wildman–Crippen MR) is 87.9 cm³/mol. The number of aryl methyl sites for hydroxylation is 2. The fraction of sp³-hybridized carbons (Fsp3) is 0.421. The zero-order valence-electron chi connectivity index (χ0n) is 13.6. The lowest BCUT2D eigenvalue weighted by atomic mass is 9.89. The van der Waals surface area contributed by atoms with Crippen molar-refractivity contribution in [1.82, 2.24) is 4.98 Å². The number of hydrogen-bond donors (Lipinski definition) is 0. The summed E-state index contributed by atoms with van der Waals surface area (Å²) >= 11 is 0. The van der Waals surface area contributed by atoms with Gasteiger partial charge in [0.2, 0.25) is 6.10 Å². The maximum atomic E-state index is 12.9. The molecule has 0 amide bonds. The lowest BCUT2D eigenvalue weighted by Crippen LogP contribution is -2.24. The van der Waals surface area contributed by atoms with E-state index in [1.165, 1.54) is 0 Å². The molecule has 1 aromatic carbocycles. The first kappa shape index (κ1) is 15.1. The number of nitrogens with zero attached hydrogens (tertiary/aromatic N) is 1. The number of esters is 2. The van der Waals surface area contributed by atoms with Crippen LogP contribution in [0.4, 0.5) is 0 Å². The molecular weight excluding hydrogens is 306 g/mol. The Morgan fingerprint density at radius 1 is 1.29 bits per heavy atom. The number of fused-ring (bicyclic) bond motifs is 2. The van der Waals surface area contributed by atoms with Crippen molar-refractivity contribution >= 4 is 22.8 Å². The number of carbonyl (C=O) groups excluding carboxylic acids is 2. The first-order chi connectivity index (χ1) is 11.6. The summed E-state index contributed by atoms with van der Waals surface area (Å²) in [4.78, 5) is 29.3. The van der Waals surface area contributed by atoms with Crippen molar-refractivity contribution < 1.29 is 19.1 Å². The molecule has 1 aromatic heterocycles. The third kappa shape index (κ3) is 2.54. The Balaban J connectivity index is 1.83. The largest absolute Gasteiger partial charge is 0.463 e. The molecule has 0 spiro atoms. The van der Waals surface area contributed by atoms with Crippen LogP contribution in [-0.2, 0) is 27.1 Å². The molecule has 1 aliphatic carbocycles. The lowest BCUT2D eigenvalue weighted by Gasteiger charge is -2.20. The first-order valence-electron chi connectivity index (χ1n) is 8.43. The molecule has 1 saturated heterocycles. The molecule has 0 radical (unpaired) electrons. The van der Waals surface area contributed by atoms with E-state index >= 15 is 0 Å². The standard InChI is InChI=1S/C19H19NO4/c1-11-6-7-15-13(10-11)17(12-4-2-3-5-14(12)20-15)19(22)24-16-8-9-23-18(16)21/h6-7,10,16H,2-5,8-9H2,1H3/t16-/m0/s1. The number of pyridine rings is 1. The van der Waals surface area contributed by atoms with Crippen LogP contribution in [0.15, 0.2) is 18.2 Å². The van der Waals surface area contributed by atoms with E-state index < -0.39 is 18.0 Å². The van der Waals surface area contributed by atoms with E-state index in [1.54, 1.807) is 0 Å². The van der Waals surface area contributed by atoms with Crippen LogP contribution >= 0.6 is 0 Å². The van der Waals surface area contributed by atoms with Crippen molar-refractivity contribution in [3.05, 3.63) is 40.6 Å². The molecule has 1 aliphatic heterocycles. The second-order valence-corrected chi connectivity index (χ2v) is 6.49. The minimum atomic E-state index is -0.787. The number of benzene rings is 1. The van der Waals surface area contributed by atoms with Crippen LogP contribution in [0.2, 0.25) is 0 Å². The lowest BCUT2D eigenvalue weighted by molar-refractivity contribution is -0.145. The summed E-state index contributed by atoms with van der Waals surface area (Å²) in [6, 6.07) is 5.91. The van der Waals surface area contributed by atoms with E-state index in [2.05, 4.69) is 0 Å². The smallest absolute Gasteiger partial charge is 0.347 e. The van der Waals surface area contributed by atoms with Crippen molar-refractivity contribution in [1.29, 1.82) is 0 Å². The van der Waals surface area contributed by atoms with Gasteiger partial charge < -0.3 is 9.47 Å². The van der Waals surface area contributed by atoms with Gasteiger partial charge >= 0.3 is 11.9 Å². The molecule has 0 bridgehead atoms. The number of ether oxygens (including phenoxy) is 2. The van der Waals surface area contributed by atoms with Gasteiger partial charge in [-0.3, -0.25) is 4.98 Å². The topological polar surface area (TPSA) is 65.5 Å². The predicted octanol–water partition coefficient (Wildman–Crippen LogP) is 2.89. The van der Waals surface area contributed by atoms with Crippen LogP contribution in [0.3, 0.4) is 0 Å². The minimum absolute atomic E-state index is 0.311. The molecule has 0 N–H and O–H groups in total. The number of rotatable bonds is 2. The van der Waals surface area contributed by atoms with Crippen LogP contribution in [0.1, 0.15) is 46.4 Å². The molecule has 2 aromatic rings. The molecule has 4 rings (SSSR count). The van der Waals surface area contributed by atoms with Crippen molar-refractivity contribution in [2.24, 2.45) is 0 Å². The van der Waals surface area contributed by atoms with Crippen LogP contribution in [0, 0.1) is 6.92 Å². The minimum Gasteiger partial charge on any atom is -0.463 e. The summed E-state index contributed by atoms with van der Waals surface area (Å²) < 4.78 is 10.4. The third-order valence-corrected chi connectivity index (χ3v) is 4.76. The van der Waals surface area contributed by atoms with Gasteiger partial charge in [0.15, 0.2) is 0 Å². The number of aromatic nitrogens is 1. The highest BCUT2D eigenvalue weighted by Gasteiger charge is 2.32. The molecule has 2 heterocycles. The fourth-order valence-electron chi connectivity index (χ4n) is 3.54. The van der Waals surface area contributed by atoms with Crippen molar-refractivity contribution in [2.75, 3.05) is 6.61 Å². The molecule has 0 saturated carbocycles. The third-order valence-electron chi connectivity index (χ3n) is 4.76. The molecule has 124 valence electrons. The molecule has 5 nitrogen and oxygen atoms in total. The van der Waals surface area contributed by atoms with Crippen LogP contribution in [0.5, 0.6) is 0 Å². The molecule has 1 fully saturated rings. The number of carbonyl (C=O) groups is 2. The fourth-order valence-corrected chi connectivity index (χ4v) is 3.54.